The molecule has 2 amide bonds. The van der Waals surface area contributed by atoms with E-state index in [1.54, 1.807) is 20.4 Å². The first-order chi connectivity index (χ1) is 18.3. The predicted octanol–water partition coefficient (Wildman–Crippen LogP) is 3.71. The van der Waals surface area contributed by atoms with Crippen LogP contribution >= 0.6 is 11.3 Å². The molecule has 1 aliphatic rings. The van der Waals surface area contributed by atoms with Crippen LogP contribution in [0.2, 0.25) is 0 Å². The van der Waals surface area contributed by atoms with Gasteiger partial charge in [-0.15, -0.1) is 11.3 Å². The molecule has 0 saturated heterocycles. The summed E-state index contributed by atoms with van der Waals surface area (Å²) in [7, 11) is 6.98. The number of aromatic amines is 1. The molecule has 3 aromatic heterocycles. The molecule has 1 aromatic carbocycles. The number of aromatic nitrogens is 3. The van der Waals surface area contributed by atoms with Crippen LogP contribution in [0.1, 0.15) is 22.2 Å². The van der Waals surface area contributed by atoms with Crippen LogP contribution in [0.5, 0.6) is 5.75 Å². The molecule has 198 valence electrons. The lowest BCUT2D eigenvalue weighted by Crippen LogP contribution is -2.41. The van der Waals surface area contributed by atoms with Gasteiger partial charge in [0.1, 0.15) is 22.1 Å². The van der Waals surface area contributed by atoms with Crippen molar-refractivity contribution in [3.63, 3.8) is 0 Å². The Morgan fingerprint density at radius 1 is 1.21 bits per heavy atom. The lowest BCUT2D eigenvalue weighted by atomic mass is 10.1. The van der Waals surface area contributed by atoms with Gasteiger partial charge < -0.3 is 35.5 Å². The molecule has 12 heteroatoms. The predicted molar refractivity (Wildman–Crippen MR) is 150 cm³/mol. The van der Waals surface area contributed by atoms with Crippen LogP contribution in [-0.2, 0) is 11.2 Å². The highest BCUT2D eigenvalue weighted by Crippen LogP contribution is 2.41. The Hall–Kier alpha value is -4.16. The summed E-state index contributed by atoms with van der Waals surface area (Å²) in [6.07, 6.45) is 2.53. The SMILES string of the molecule is CNC(=O)c1sccc1Nc1nc(Nc2cc3c(cc2OC)CC(C)N3C(=O)CN(C)C)nc2[nH]ccc12. The van der Waals surface area contributed by atoms with Crippen molar-refractivity contribution < 1.29 is 14.3 Å². The van der Waals surface area contributed by atoms with E-state index in [0.717, 1.165) is 23.1 Å². The van der Waals surface area contributed by atoms with Gasteiger partial charge in [0, 0.05) is 25.0 Å². The molecule has 5 rings (SSSR count). The van der Waals surface area contributed by atoms with Gasteiger partial charge in [-0.25, -0.2) is 0 Å². The van der Waals surface area contributed by atoms with Crippen LogP contribution in [-0.4, -0.2) is 72.5 Å². The first-order valence-corrected chi connectivity index (χ1v) is 13.0. The van der Waals surface area contributed by atoms with Gasteiger partial charge in [-0.1, -0.05) is 0 Å². The number of amides is 2. The molecule has 0 bridgehead atoms. The smallest absolute Gasteiger partial charge is 0.263 e. The summed E-state index contributed by atoms with van der Waals surface area (Å²) in [4.78, 5) is 42.1. The first-order valence-electron chi connectivity index (χ1n) is 12.2. The van der Waals surface area contributed by atoms with Crippen molar-refractivity contribution in [3.05, 3.63) is 46.3 Å². The van der Waals surface area contributed by atoms with Crippen molar-refractivity contribution in [3.8, 4) is 5.75 Å². The zero-order chi connectivity index (χ0) is 27.0. The first kappa shape index (κ1) is 25.5. The molecule has 0 saturated carbocycles. The highest BCUT2D eigenvalue weighted by atomic mass is 32.1. The van der Waals surface area contributed by atoms with Crippen molar-refractivity contribution in [2.45, 2.75) is 19.4 Å². The summed E-state index contributed by atoms with van der Waals surface area (Å²) >= 11 is 1.35. The number of nitrogens with one attached hydrogen (secondary N) is 4. The highest BCUT2D eigenvalue weighted by Gasteiger charge is 2.32. The fourth-order valence-corrected chi connectivity index (χ4v) is 5.47. The van der Waals surface area contributed by atoms with Crippen LogP contribution in [0, 0.1) is 0 Å². The Bertz CT molecular complexity index is 1510. The number of hydrogen-bond acceptors (Lipinski definition) is 9. The molecule has 1 unspecified atom stereocenters. The Balaban J connectivity index is 1.51. The largest absolute Gasteiger partial charge is 0.495 e. The lowest BCUT2D eigenvalue weighted by Gasteiger charge is -2.25. The number of thiophene rings is 1. The Morgan fingerprint density at radius 2 is 2.03 bits per heavy atom. The Morgan fingerprint density at radius 3 is 2.76 bits per heavy atom. The van der Waals surface area contributed by atoms with Crippen molar-refractivity contribution >= 4 is 63.0 Å². The number of nitrogens with zero attached hydrogens (tertiary/aromatic N) is 4. The maximum absolute atomic E-state index is 13.0. The zero-order valence-corrected chi connectivity index (χ0v) is 22.7. The molecule has 11 nitrogen and oxygen atoms in total. The fraction of sp³-hybridized carbons (Fsp3) is 0.308. The summed E-state index contributed by atoms with van der Waals surface area (Å²) in [6, 6.07) is 7.64. The molecule has 4 heterocycles. The highest BCUT2D eigenvalue weighted by molar-refractivity contribution is 7.12. The standard InChI is InChI=1S/C26H30N8O3S/c1-14-10-15-11-20(37-5)18(12-19(15)34(14)21(35)13-33(3)4)30-26-31-23-16(6-8-28-23)24(32-26)29-17-7-9-38-22(17)25(36)27-2/h6-9,11-12,14H,10,13H2,1-5H3,(H,27,36)(H3,28,29,30,31,32). The van der Waals surface area contributed by atoms with E-state index < -0.39 is 0 Å². The molecular formula is C26H30N8O3S. The van der Waals surface area contributed by atoms with Gasteiger partial charge in [-0.05, 0) is 62.6 Å². The van der Waals surface area contributed by atoms with Crippen molar-refractivity contribution in [1.29, 1.82) is 0 Å². The van der Waals surface area contributed by atoms with E-state index in [2.05, 4.69) is 25.9 Å². The summed E-state index contributed by atoms with van der Waals surface area (Å²) in [5, 5.41) is 11.9. The second-order valence-corrected chi connectivity index (χ2v) is 10.3. The van der Waals surface area contributed by atoms with Crippen LogP contribution in [0.3, 0.4) is 0 Å². The topological polar surface area (TPSA) is 128 Å². The van der Waals surface area contributed by atoms with Gasteiger partial charge in [-0.2, -0.15) is 9.97 Å². The van der Waals surface area contributed by atoms with Crippen LogP contribution in [0.25, 0.3) is 11.0 Å². The molecule has 0 radical (unpaired) electrons. The summed E-state index contributed by atoms with van der Waals surface area (Å²) in [6.45, 7) is 2.37. The minimum Gasteiger partial charge on any atom is -0.495 e. The molecule has 0 fully saturated rings. The molecule has 1 aliphatic heterocycles. The van der Waals surface area contributed by atoms with E-state index in [1.165, 1.54) is 11.3 Å². The summed E-state index contributed by atoms with van der Waals surface area (Å²) in [5.74, 6) is 1.36. The normalized spacial score (nSPS) is 14.6. The summed E-state index contributed by atoms with van der Waals surface area (Å²) in [5.41, 5.74) is 3.81. The molecule has 4 N–H and O–H groups in total. The van der Waals surface area contributed by atoms with Gasteiger partial charge in [0.25, 0.3) is 5.91 Å². The Kier molecular flexibility index (Phi) is 6.91. The third-order valence-corrected chi connectivity index (χ3v) is 7.26. The minimum atomic E-state index is -0.175. The molecule has 4 aromatic rings. The number of carbonyl (C=O) groups is 2. The number of likely N-dealkylation sites (N-methyl/N-ethyl adjacent to an activating group) is 1. The number of fused-ring (bicyclic) bond motifs is 2. The van der Waals surface area contributed by atoms with Crippen molar-refractivity contribution in [1.82, 2.24) is 25.2 Å². The second kappa shape index (κ2) is 10.3. The van der Waals surface area contributed by atoms with E-state index in [1.807, 2.05) is 60.5 Å². The number of ether oxygens (including phenoxy) is 1. The fourth-order valence-electron chi connectivity index (χ4n) is 4.68. The third kappa shape index (κ3) is 4.75. The molecule has 0 aliphatic carbocycles. The number of benzene rings is 1. The lowest BCUT2D eigenvalue weighted by molar-refractivity contribution is -0.119. The number of methoxy groups -OCH3 is 1. The average molecular weight is 535 g/mol. The molecule has 1 atom stereocenters. The number of H-pyrrole nitrogens is 1. The maximum Gasteiger partial charge on any atom is 0.263 e. The quantitative estimate of drug-likeness (QED) is 0.269. The monoisotopic (exact) mass is 534 g/mol. The number of anilines is 5. The van der Waals surface area contributed by atoms with Crippen molar-refractivity contribution in [2.75, 3.05) is 50.3 Å². The number of hydrogen-bond donors (Lipinski definition) is 4. The van der Waals surface area contributed by atoms with Gasteiger partial charge in [0.2, 0.25) is 11.9 Å². The van der Waals surface area contributed by atoms with Gasteiger partial charge in [0.05, 0.1) is 30.4 Å². The van der Waals surface area contributed by atoms with E-state index in [0.29, 0.717) is 46.0 Å². The molecule has 0 spiro atoms. The average Bonchev–Trinajstić information content (AvgIpc) is 3.60. The van der Waals surface area contributed by atoms with Crippen molar-refractivity contribution in [2.24, 2.45) is 0 Å². The van der Waals surface area contributed by atoms with E-state index in [-0.39, 0.29) is 17.9 Å². The van der Waals surface area contributed by atoms with Gasteiger partial charge >= 0.3 is 0 Å². The zero-order valence-electron chi connectivity index (χ0n) is 21.9. The van der Waals surface area contributed by atoms with E-state index >= 15 is 0 Å². The molecular weight excluding hydrogens is 504 g/mol. The van der Waals surface area contributed by atoms with Crippen LogP contribution in [0.15, 0.2) is 35.8 Å². The molecule has 38 heavy (non-hydrogen) atoms. The number of rotatable bonds is 8. The number of carbonyl (C=O) groups excluding carboxylic acids is 2. The summed E-state index contributed by atoms with van der Waals surface area (Å²) < 4.78 is 5.68. The maximum atomic E-state index is 13.0. The van der Waals surface area contributed by atoms with Gasteiger partial charge in [0.15, 0.2) is 0 Å². The second-order valence-electron chi connectivity index (χ2n) is 9.36. The van der Waals surface area contributed by atoms with Crippen LogP contribution in [0.4, 0.5) is 28.8 Å². The Labute approximate surface area is 224 Å². The minimum absolute atomic E-state index is 0.0376. The van der Waals surface area contributed by atoms with E-state index in [9.17, 15) is 9.59 Å². The van der Waals surface area contributed by atoms with E-state index in [4.69, 9.17) is 9.72 Å². The van der Waals surface area contributed by atoms with Crippen LogP contribution < -0.4 is 25.6 Å². The third-order valence-electron chi connectivity index (χ3n) is 6.35. The van der Waals surface area contributed by atoms with Gasteiger partial charge in [-0.3, -0.25) is 9.59 Å².